The Morgan fingerprint density at radius 1 is 1.30 bits per heavy atom. The van der Waals surface area contributed by atoms with Crippen molar-refractivity contribution in [2.75, 3.05) is 12.5 Å². The molecule has 0 aliphatic rings. The Morgan fingerprint density at radius 2 is 2.10 bits per heavy atom. The lowest BCUT2D eigenvalue weighted by Gasteiger charge is -2.16. The van der Waals surface area contributed by atoms with Gasteiger partial charge in [-0.3, -0.25) is 0 Å². The summed E-state index contributed by atoms with van der Waals surface area (Å²) < 4.78 is 5.99. The van der Waals surface area contributed by atoms with Gasteiger partial charge in [0.1, 0.15) is 5.75 Å². The minimum absolute atomic E-state index is 0.349. The Labute approximate surface area is 128 Å². The molecule has 1 unspecified atom stereocenters. The molecule has 0 radical (unpaired) electrons. The van der Waals surface area contributed by atoms with Crippen molar-refractivity contribution in [3.63, 3.8) is 0 Å². The zero-order chi connectivity index (χ0) is 14.8. The van der Waals surface area contributed by atoms with E-state index in [0.717, 1.165) is 24.3 Å². The monoisotopic (exact) mass is 292 g/mol. The second kappa shape index (κ2) is 9.72. The first-order valence-corrected chi connectivity index (χ1v) is 8.03. The van der Waals surface area contributed by atoms with E-state index < -0.39 is 0 Å². The molecule has 0 saturated heterocycles. The van der Waals surface area contributed by atoms with E-state index in [4.69, 9.17) is 16.3 Å². The number of rotatable bonds is 7. The molecule has 0 heterocycles. The fourth-order valence-electron chi connectivity index (χ4n) is 2.10. The number of hydrogen-bond donors (Lipinski definition) is 0. The van der Waals surface area contributed by atoms with Crippen molar-refractivity contribution in [2.45, 2.75) is 46.5 Å². The summed E-state index contributed by atoms with van der Waals surface area (Å²) in [4.78, 5) is 0. The fraction of sp³-hybridized carbons (Fsp3) is 0.556. The number of hydrogen-bond acceptors (Lipinski definition) is 1. The minimum atomic E-state index is 0.349. The normalized spacial score (nSPS) is 11.6. The van der Waals surface area contributed by atoms with Gasteiger partial charge in [-0.05, 0) is 37.0 Å². The van der Waals surface area contributed by atoms with Gasteiger partial charge in [-0.15, -0.1) is 11.6 Å². The largest absolute Gasteiger partial charge is 0.492 e. The quantitative estimate of drug-likeness (QED) is 0.497. The number of ether oxygens (including phenoxy) is 1. The van der Waals surface area contributed by atoms with Gasteiger partial charge in [0.2, 0.25) is 0 Å². The molecule has 0 aliphatic carbocycles. The van der Waals surface area contributed by atoms with Crippen LogP contribution in [0.3, 0.4) is 0 Å². The number of benzene rings is 1. The van der Waals surface area contributed by atoms with Gasteiger partial charge in [-0.2, -0.15) is 0 Å². The third-order valence-corrected chi connectivity index (χ3v) is 3.58. The third kappa shape index (κ3) is 5.88. The topological polar surface area (TPSA) is 9.23 Å². The molecule has 1 nitrogen and oxygen atoms in total. The molecule has 0 spiro atoms. The van der Waals surface area contributed by atoms with Crippen molar-refractivity contribution in [3.05, 3.63) is 29.3 Å². The Balaban J connectivity index is 2.70. The summed E-state index contributed by atoms with van der Waals surface area (Å²) in [6, 6.07) is 6.14. The number of alkyl halides is 1. The average Bonchev–Trinajstić information content (AvgIpc) is 2.46. The lowest BCUT2D eigenvalue weighted by Crippen LogP contribution is -2.11. The molecular formula is C18H25ClO. The molecule has 0 fully saturated rings. The number of halogens is 1. The zero-order valence-electron chi connectivity index (χ0n) is 12.8. The Morgan fingerprint density at radius 3 is 2.75 bits per heavy atom. The zero-order valence-corrected chi connectivity index (χ0v) is 13.6. The van der Waals surface area contributed by atoms with Crippen molar-refractivity contribution in [2.24, 2.45) is 5.92 Å². The summed E-state index contributed by atoms with van der Waals surface area (Å²) in [5, 5.41) is 0. The van der Waals surface area contributed by atoms with E-state index in [9.17, 15) is 0 Å². The van der Waals surface area contributed by atoms with Crippen molar-refractivity contribution in [1.82, 2.24) is 0 Å². The van der Waals surface area contributed by atoms with Gasteiger partial charge in [0, 0.05) is 0 Å². The Hall–Kier alpha value is -1.13. The van der Waals surface area contributed by atoms with Crippen LogP contribution in [0, 0.1) is 24.7 Å². The summed E-state index contributed by atoms with van der Waals surface area (Å²) in [5.74, 6) is 7.84. The van der Waals surface area contributed by atoms with Crippen LogP contribution < -0.4 is 4.74 Å². The third-order valence-electron chi connectivity index (χ3n) is 3.44. The summed E-state index contributed by atoms with van der Waals surface area (Å²) >= 11 is 5.64. The van der Waals surface area contributed by atoms with Crippen molar-refractivity contribution in [1.29, 1.82) is 0 Å². The van der Waals surface area contributed by atoms with Crippen LogP contribution in [-0.4, -0.2) is 12.5 Å². The molecular weight excluding hydrogens is 268 g/mol. The highest BCUT2D eigenvalue weighted by Gasteiger charge is 2.08. The van der Waals surface area contributed by atoms with Crippen LogP contribution in [0.25, 0.3) is 0 Å². The number of aryl methyl sites for hydroxylation is 1. The van der Waals surface area contributed by atoms with Crippen LogP contribution >= 0.6 is 11.6 Å². The SMILES string of the molecule is CCCCC(CC)COc1ccc(C)cc1C#CCCl. The van der Waals surface area contributed by atoms with E-state index in [0.29, 0.717) is 11.8 Å². The molecule has 0 bridgehead atoms. The van der Waals surface area contributed by atoms with E-state index in [1.54, 1.807) is 0 Å². The van der Waals surface area contributed by atoms with Crippen molar-refractivity contribution in [3.8, 4) is 17.6 Å². The smallest absolute Gasteiger partial charge is 0.134 e. The maximum atomic E-state index is 5.99. The summed E-state index contributed by atoms with van der Waals surface area (Å²) in [7, 11) is 0. The minimum Gasteiger partial charge on any atom is -0.492 e. The van der Waals surface area contributed by atoms with Crippen LogP contribution in [0.15, 0.2) is 18.2 Å². The second-order valence-corrected chi connectivity index (χ2v) is 5.43. The molecule has 20 heavy (non-hydrogen) atoms. The van der Waals surface area contributed by atoms with Crippen LogP contribution in [0.2, 0.25) is 0 Å². The Bertz CT molecular complexity index is 456. The molecule has 1 atom stereocenters. The highest BCUT2D eigenvalue weighted by atomic mass is 35.5. The fourth-order valence-corrected chi connectivity index (χ4v) is 2.17. The molecule has 0 aromatic heterocycles. The first-order chi connectivity index (χ1) is 9.71. The maximum Gasteiger partial charge on any atom is 0.134 e. The van der Waals surface area contributed by atoms with Gasteiger partial charge in [-0.1, -0.05) is 51.0 Å². The highest BCUT2D eigenvalue weighted by Crippen LogP contribution is 2.21. The van der Waals surface area contributed by atoms with Crippen LogP contribution in [0.4, 0.5) is 0 Å². The molecule has 110 valence electrons. The van der Waals surface area contributed by atoms with E-state index in [1.807, 2.05) is 6.07 Å². The predicted octanol–water partition coefficient (Wildman–Crippen LogP) is 5.18. The number of unbranched alkanes of at least 4 members (excludes halogenated alkanes) is 1. The van der Waals surface area contributed by atoms with Crippen molar-refractivity contribution >= 4 is 11.6 Å². The van der Waals surface area contributed by atoms with E-state index in [1.165, 1.54) is 24.8 Å². The summed E-state index contributed by atoms with van der Waals surface area (Å²) in [5.41, 5.74) is 2.13. The molecule has 0 amide bonds. The highest BCUT2D eigenvalue weighted by molar-refractivity contribution is 6.19. The molecule has 0 aliphatic heterocycles. The van der Waals surface area contributed by atoms with Gasteiger partial charge in [0.15, 0.2) is 0 Å². The lowest BCUT2D eigenvalue weighted by molar-refractivity contribution is 0.233. The van der Waals surface area contributed by atoms with Gasteiger partial charge in [-0.25, -0.2) is 0 Å². The molecule has 1 aromatic rings. The van der Waals surface area contributed by atoms with Gasteiger partial charge < -0.3 is 4.74 Å². The van der Waals surface area contributed by atoms with E-state index in [2.05, 4.69) is 44.7 Å². The van der Waals surface area contributed by atoms with E-state index >= 15 is 0 Å². The maximum absolute atomic E-state index is 5.99. The standard InChI is InChI=1S/C18H25ClO/c1-4-6-8-16(5-2)14-20-18-11-10-15(3)13-17(18)9-7-12-19/h10-11,13,16H,4-6,8,12,14H2,1-3H3. The Kier molecular flexibility index (Phi) is 8.23. The lowest BCUT2D eigenvalue weighted by atomic mass is 10.0. The van der Waals surface area contributed by atoms with Crippen molar-refractivity contribution < 1.29 is 4.74 Å². The average molecular weight is 293 g/mol. The van der Waals surface area contributed by atoms with Crippen LogP contribution in [0.1, 0.15) is 50.7 Å². The van der Waals surface area contributed by atoms with Crippen LogP contribution in [0.5, 0.6) is 5.75 Å². The van der Waals surface area contributed by atoms with Crippen LogP contribution in [-0.2, 0) is 0 Å². The summed E-state index contributed by atoms with van der Waals surface area (Å²) in [6.45, 7) is 7.29. The first kappa shape index (κ1) is 16.9. The molecule has 1 rings (SSSR count). The predicted molar refractivity (Wildman–Crippen MR) is 87.6 cm³/mol. The van der Waals surface area contributed by atoms with Gasteiger partial charge in [0.25, 0.3) is 0 Å². The molecule has 2 heteroatoms. The summed E-state index contributed by atoms with van der Waals surface area (Å²) in [6.07, 6.45) is 4.91. The first-order valence-electron chi connectivity index (χ1n) is 7.49. The van der Waals surface area contributed by atoms with Gasteiger partial charge in [0.05, 0.1) is 18.1 Å². The molecule has 0 saturated carbocycles. The van der Waals surface area contributed by atoms with Gasteiger partial charge >= 0.3 is 0 Å². The molecule has 1 aromatic carbocycles. The van der Waals surface area contributed by atoms with E-state index in [-0.39, 0.29) is 0 Å². The second-order valence-electron chi connectivity index (χ2n) is 5.16. The molecule has 0 N–H and O–H groups in total.